The van der Waals surface area contributed by atoms with Crippen molar-refractivity contribution in [1.82, 2.24) is 9.80 Å². The molecule has 0 radical (unpaired) electrons. The van der Waals surface area contributed by atoms with Crippen LogP contribution >= 0.6 is 0 Å². The SMILES string of the molecule is O=C(c1ccccc1)C(CCCCC(CN1CCCCCC1)C(=O)c1ccccc1)CN1CCCCCC1. The van der Waals surface area contributed by atoms with Crippen LogP contribution in [0.25, 0.3) is 0 Å². The first kappa shape index (κ1) is 28.7. The minimum atomic E-state index is 0.0318. The lowest BCUT2D eigenvalue weighted by Crippen LogP contribution is -2.35. The molecule has 2 saturated heterocycles. The summed E-state index contributed by atoms with van der Waals surface area (Å²) in [5, 5.41) is 0. The number of unbranched alkanes of at least 4 members (excludes halogenated alkanes) is 1. The number of benzene rings is 2. The van der Waals surface area contributed by atoms with Crippen molar-refractivity contribution >= 4 is 11.6 Å². The van der Waals surface area contributed by atoms with E-state index in [1.54, 1.807) is 0 Å². The molecule has 2 aliphatic heterocycles. The second-order valence-corrected chi connectivity index (χ2v) is 11.6. The highest BCUT2D eigenvalue weighted by atomic mass is 16.1. The van der Waals surface area contributed by atoms with Crippen LogP contribution in [0.15, 0.2) is 60.7 Å². The average Bonchev–Trinajstić information content (AvgIpc) is 3.39. The molecule has 38 heavy (non-hydrogen) atoms. The third-order valence-corrected chi connectivity index (χ3v) is 8.57. The van der Waals surface area contributed by atoms with Crippen LogP contribution in [-0.4, -0.2) is 60.6 Å². The lowest BCUT2D eigenvalue weighted by Gasteiger charge is -2.27. The standard InChI is InChI=1S/C34H48N2O2/c37-33(29-17-7-5-8-18-29)31(27-35-23-13-1-2-14-24-35)21-11-12-22-32(28-36-25-15-3-4-16-26-36)34(38)30-19-9-6-10-20-30/h5-10,17-20,31-32H,1-4,11-16,21-28H2. The van der Waals surface area contributed by atoms with E-state index in [1.807, 2.05) is 60.7 Å². The summed E-state index contributed by atoms with van der Waals surface area (Å²) in [6.07, 6.45) is 14.0. The molecule has 2 aromatic carbocycles. The number of rotatable bonds is 13. The van der Waals surface area contributed by atoms with Crippen molar-refractivity contribution in [1.29, 1.82) is 0 Å². The molecular formula is C34H48N2O2. The van der Waals surface area contributed by atoms with Gasteiger partial charge in [0.15, 0.2) is 11.6 Å². The van der Waals surface area contributed by atoms with Crippen molar-refractivity contribution in [3.05, 3.63) is 71.8 Å². The number of likely N-dealkylation sites (tertiary alicyclic amines) is 2. The van der Waals surface area contributed by atoms with Gasteiger partial charge in [-0.2, -0.15) is 0 Å². The molecule has 2 unspecified atom stereocenters. The van der Waals surface area contributed by atoms with Crippen molar-refractivity contribution < 1.29 is 9.59 Å². The third-order valence-electron chi connectivity index (χ3n) is 8.57. The summed E-state index contributed by atoms with van der Waals surface area (Å²) in [6.45, 7) is 6.19. The van der Waals surface area contributed by atoms with Crippen LogP contribution in [0, 0.1) is 11.8 Å². The predicted octanol–water partition coefficient (Wildman–Crippen LogP) is 7.30. The number of ketones is 2. The minimum absolute atomic E-state index is 0.0318. The Balaban J connectivity index is 1.37. The van der Waals surface area contributed by atoms with Gasteiger partial charge in [-0.3, -0.25) is 9.59 Å². The van der Waals surface area contributed by atoms with E-state index in [0.29, 0.717) is 0 Å². The molecule has 2 atom stereocenters. The zero-order valence-electron chi connectivity index (χ0n) is 23.4. The number of Topliss-reactive ketones (excluding diaryl/α,β-unsaturated/α-hetero) is 2. The van der Waals surface area contributed by atoms with Gasteiger partial charge in [-0.15, -0.1) is 0 Å². The van der Waals surface area contributed by atoms with Crippen LogP contribution in [-0.2, 0) is 0 Å². The van der Waals surface area contributed by atoms with Gasteiger partial charge in [0.25, 0.3) is 0 Å². The molecule has 2 heterocycles. The molecule has 2 fully saturated rings. The van der Waals surface area contributed by atoms with Gasteiger partial charge < -0.3 is 9.80 Å². The number of carbonyl (C=O) groups is 2. The monoisotopic (exact) mass is 516 g/mol. The molecule has 4 rings (SSSR count). The van der Waals surface area contributed by atoms with E-state index in [9.17, 15) is 9.59 Å². The zero-order chi connectivity index (χ0) is 26.4. The van der Waals surface area contributed by atoms with Crippen LogP contribution in [0.1, 0.15) is 97.8 Å². The highest BCUT2D eigenvalue weighted by molar-refractivity contribution is 5.98. The van der Waals surface area contributed by atoms with E-state index >= 15 is 0 Å². The molecule has 0 saturated carbocycles. The molecule has 2 aromatic rings. The summed E-state index contributed by atoms with van der Waals surface area (Å²) in [4.78, 5) is 32.1. The van der Waals surface area contributed by atoms with E-state index in [0.717, 1.165) is 76.1 Å². The third kappa shape index (κ3) is 9.17. The summed E-state index contributed by atoms with van der Waals surface area (Å²) in [5.41, 5.74) is 1.68. The Bertz CT molecular complexity index is 865. The van der Waals surface area contributed by atoms with E-state index in [-0.39, 0.29) is 23.4 Å². The Kier molecular flexibility index (Phi) is 12.1. The quantitative estimate of drug-likeness (QED) is 0.207. The van der Waals surface area contributed by atoms with Crippen molar-refractivity contribution in [2.24, 2.45) is 11.8 Å². The van der Waals surface area contributed by atoms with Crippen LogP contribution < -0.4 is 0 Å². The second kappa shape index (κ2) is 16.0. The van der Waals surface area contributed by atoms with Gasteiger partial charge in [-0.05, 0) is 64.7 Å². The summed E-state index contributed by atoms with van der Waals surface area (Å²) in [6, 6.07) is 19.7. The minimum Gasteiger partial charge on any atom is -0.303 e. The topological polar surface area (TPSA) is 40.6 Å². The maximum atomic E-state index is 13.5. The molecule has 206 valence electrons. The van der Waals surface area contributed by atoms with Crippen LogP contribution in [0.5, 0.6) is 0 Å². The summed E-state index contributed by atoms with van der Waals surface area (Å²) >= 11 is 0. The first-order valence-corrected chi connectivity index (χ1v) is 15.3. The van der Waals surface area contributed by atoms with Gasteiger partial charge in [0, 0.05) is 36.1 Å². The smallest absolute Gasteiger partial charge is 0.167 e. The fourth-order valence-electron chi connectivity index (χ4n) is 6.33. The number of carbonyl (C=O) groups excluding carboxylic acids is 2. The van der Waals surface area contributed by atoms with Crippen molar-refractivity contribution in [3.8, 4) is 0 Å². The maximum Gasteiger partial charge on any atom is 0.167 e. The normalized spacial score (nSPS) is 19.3. The molecule has 0 aromatic heterocycles. The van der Waals surface area contributed by atoms with E-state index in [4.69, 9.17) is 0 Å². The molecule has 0 bridgehead atoms. The summed E-state index contributed by atoms with van der Waals surface area (Å²) in [7, 11) is 0. The number of hydrogen-bond acceptors (Lipinski definition) is 4. The molecule has 0 spiro atoms. The fourth-order valence-corrected chi connectivity index (χ4v) is 6.33. The maximum absolute atomic E-state index is 13.5. The van der Waals surface area contributed by atoms with E-state index in [2.05, 4.69) is 9.80 Å². The summed E-state index contributed by atoms with van der Waals surface area (Å²) in [5.74, 6) is 0.640. The van der Waals surface area contributed by atoms with Gasteiger partial charge in [0.05, 0.1) is 0 Å². The van der Waals surface area contributed by atoms with Crippen molar-refractivity contribution in [2.45, 2.75) is 77.0 Å². The molecule has 0 amide bonds. The Hall–Kier alpha value is -2.30. The second-order valence-electron chi connectivity index (χ2n) is 11.6. The lowest BCUT2D eigenvalue weighted by atomic mass is 9.88. The molecule has 0 N–H and O–H groups in total. The Morgan fingerprint density at radius 3 is 1.21 bits per heavy atom. The highest BCUT2D eigenvalue weighted by Crippen LogP contribution is 2.24. The average molecular weight is 517 g/mol. The Labute approximate surface area is 230 Å². The fraction of sp³-hybridized carbons (Fsp3) is 0.588. The zero-order valence-corrected chi connectivity index (χ0v) is 23.4. The molecule has 0 aliphatic carbocycles. The van der Waals surface area contributed by atoms with Gasteiger partial charge in [-0.1, -0.05) is 99.2 Å². The lowest BCUT2D eigenvalue weighted by molar-refractivity contribution is 0.0848. The van der Waals surface area contributed by atoms with Gasteiger partial charge >= 0.3 is 0 Å². The highest BCUT2D eigenvalue weighted by Gasteiger charge is 2.26. The number of hydrogen-bond donors (Lipinski definition) is 0. The van der Waals surface area contributed by atoms with Gasteiger partial charge in [-0.25, -0.2) is 0 Å². The van der Waals surface area contributed by atoms with Crippen molar-refractivity contribution in [3.63, 3.8) is 0 Å². The van der Waals surface area contributed by atoms with Gasteiger partial charge in [0.1, 0.15) is 0 Å². The molecular weight excluding hydrogens is 468 g/mol. The van der Waals surface area contributed by atoms with E-state index in [1.165, 1.54) is 51.4 Å². The first-order chi connectivity index (χ1) is 18.7. The van der Waals surface area contributed by atoms with E-state index < -0.39 is 0 Å². The van der Waals surface area contributed by atoms with Crippen LogP contribution in [0.2, 0.25) is 0 Å². The number of nitrogens with zero attached hydrogens (tertiary/aromatic N) is 2. The Morgan fingerprint density at radius 1 is 0.526 bits per heavy atom. The molecule has 4 nitrogen and oxygen atoms in total. The van der Waals surface area contributed by atoms with Gasteiger partial charge in [0.2, 0.25) is 0 Å². The predicted molar refractivity (Wildman–Crippen MR) is 157 cm³/mol. The van der Waals surface area contributed by atoms with Crippen LogP contribution in [0.4, 0.5) is 0 Å². The Morgan fingerprint density at radius 2 is 0.868 bits per heavy atom. The van der Waals surface area contributed by atoms with Crippen LogP contribution in [0.3, 0.4) is 0 Å². The molecule has 2 aliphatic rings. The first-order valence-electron chi connectivity index (χ1n) is 15.3. The van der Waals surface area contributed by atoms with Crippen molar-refractivity contribution in [2.75, 3.05) is 39.3 Å². The molecule has 4 heteroatoms. The summed E-state index contributed by atoms with van der Waals surface area (Å²) < 4.78 is 0. The largest absolute Gasteiger partial charge is 0.303 e.